The Morgan fingerprint density at radius 1 is 1.33 bits per heavy atom. The number of rotatable bonds is 5. The summed E-state index contributed by atoms with van der Waals surface area (Å²) >= 11 is 0. The smallest absolute Gasteiger partial charge is 0.270 e. The van der Waals surface area contributed by atoms with Crippen LogP contribution in [0, 0.1) is 5.92 Å². The van der Waals surface area contributed by atoms with Gasteiger partial charge in [0.05, 0.1) is 12.2 Å². The van der Waals surface area contributed by atoms with E-state index < -0.39 is 42.5 Å². The molecule has 0 aromatic rings. The van der Waals surface area contributed by atoms with Gasteiger partial charge in [0.1, 0.15) is 36.1 Å². The van der Waals surface area contributed by atoms with E-state index >= 15 is 0 Å². The van der Waals surface area contributed by atoms with Crippen molar-refractivity contribution >= 4 is 23.8 Å². The van der Waals surface area contributed by atoms with Crippen molar-refractivity contribution in [2.75, 3.05) is 13.6 Å². The van der Waals surface area contributed by atoms with Gasteiger partial charge in [-0.2, -0.15) is 5.10 Å². The van der Waals surface area contributed by atoms with Gasteiger partial charge in [0.25, 0.3) is 5.91 Å². The number of aliphatic imine (C=N–C) groups is 2. The van der Waals surface area contributed by atoms with Gasteiger partial charge in [0.2, 0.25) is 0 Å². The number of hydrogen-bond donors (Lipinski definition) is 4. The SMILES string of the molecule is CN(CC1=CCCC(F)C1F)C(=O)C1=NNC2=NC=NC(N[C@@H]3CC[C@@H](O)[C@H]3O)C21. The normalized spacial score (nSPS) is 37.8. The minimum absolute atomic E-state index is 0.0342. The van der Waals surface area contributed by atoms with Crippen LogP contribution in [0.1, 0.15) is 25.7 Å². The number of amides is 1. The summed E-state index contributed by atoms with van der Waals surface area (Å²) in [5.74, 6) is -0.607. The van der Waals surface area contributed by atoms with Gasteiger partial charge in [0.15, 0.2) is 6.17 Å². The second-order valence-electron chi connectivity index (χ2n) is 8.15. The molecule has 30 heavy (non-hydrogen) atoms. The minimum atomic E-state index is -1.71. The Morgan fingerprint density at radius 2 is 2.13 bits per heavy atom. The molecule has 0 spiro atoms. The van der Waals surface area contributed by atoms with Crippen molar-refractivity contribution in [2.45, 2.75) is 62.4 Å². The second kappa shape index (κ2) is 8.48. The molecule has 0 saturated heterocycles. The summed E-state index contributed by atoms with van der Waals surface area (Å²) in [6, 6.07) is -0.377. The van der Waals surface area contributed by atoms with Crippen molar-refractivity contribution in [3.8, 4) is 0 Å². The lowest BCUT2D eigenvalue weighted by Gasteiger charge is -2.30. The van der Waals surface area contributed by atoms with Crippen LogP contribution >= 0.6 is 0 Å². The van der Waals surface area contributed by atoms with Crippen LogP contribution in [0.5, 0.6) is 0 Å². The molecule has 4 rings (SSSR count). The maximum atomic E-state index is 14.2. The van der Waals surface area contributed by atoms with Gasteiger partial charge in [0, 0.05) is 19.6 Å². The monoisotopic (exact) mass is 424 g/mol. The van der Waals surface area contributed by atoms with Crippen LogP contribution in [0.15, 0.2) is 26.7 Å². The van der Waals surface area contributed by atoms with Gasteiger partial charge in [-0.3, -0.25) is 20.5 Å². The zero-order valence-electron chi connectivity index (χ0n) is 16.6. The number of alkyl halides is 2. The van der Waals surface area contributed by atoms with Crippen LogP contribution in [0.2, 0.25) is 0 Å². The Labute approximate surface area is 172 Å². The zero-order valence-corrected chi connectivity index (χ0v) is 16.6. The molecule has 2 aliphatic heterocycles. The Morgan fingerprint density at radius 3 is 2.87 bits per heavy atom. The van der Waals surface area contributed by atoms with Crippen molar-refractivity contribution in [1.29, 1.82) is 0 Å². The molecule has 164 valence electrons. The van der Waals surface area contributed by atoms with Crippen molar-refractivity contribution in [2.24, 2.45) is 21.0 Å². The highest BCUT2D eigenvalue weighted by molar-refractivity contribution is 6.45. The first-order valence-corrected chi connectivity index (χ1v) is 10.1. The number of carbonyl (C=O) groups excluding carboxylic acids is 1. The van der Waals surface area contributed by atoms with E-state index in [1.807, 2.05) is 0 Å². The van der Waals surface area contributed by atoms with Crippen molar-refractivity contribution in [3.63, 3.8) is 0 Å². The Kier molecular flexibility index (Phi) is 5.94. The number of nitrogens with zero attached hydrogens (tertiary/aromatic N) is 4. The molecule has 4 N–H and O–H groups in total. The van der Waals surface area contributed by atoms with Crippen LogP contribution in [0.3, 0.4) is 0 Å². The third kappa shape index (κ3) is 3.88. The molecule has 11 heteroatoms. The lowest BCUT2D eigenvalue weighted by Crippen LogP contribution is -2.53. The van der Waals surface area contributed by atoms with Crippen molar-refractivity contribution in [3.05, 3.63) is 11.6 Å². The molecule has 0 aromatic carbocycles. The fourth-order valence-electron chi connectivity index (χ4n) is 4.34. The maximum absolute atomic E-state index is 14.2. The zero-order chi connectivity index (χ0) is 21.4. The first-order chi connectivity index (χ1) is 14.4. The number of halogens is 2. The average molecular weight is 424 g/mol. The molecule has 2 aliphatic carbocycles. The first-order valence-electron chi connectivity index (χ1n) is 10.1. The number of carbonyl (C=O) groups is 1. The fraction of sp³-hybridized carbons (Fsp3) is 0.684. The minimum Gasteiger partial charge on any atom is -0.390 e. The standard InChI is InChI=1S/C19H26F2N6O3/c1-27(7-9-3-2-4-10(20)14(9)21)19(30)15-13-17(22-8-23-18(13)26-25-15)24-11-5-6-12(28)16(11)29/h3,8,10-14,16-17,24,28-29H,2,4-7H2,1H3,(H,22,23,26)/t10?,11-,12-,13?,14?,16+,17?/m1/s1. The number of fused-ring (bicyclic) bond motifs is 1. The number of nitrogens with one attached hydrogen (secondary N) is 2. The van der Waals surface area contributed by atoms with Gasteiger partial charge < -0.3 is 15.1 Å². The summed E-state index contributed by atoms with van der Waals surface area (Å²) < 4.78 is 27.8. The maximum Gasteiger partial charge on any atom is 0.270 e. The van der Waals surface area contributed by atoms with E-state index in [-0.39, 0.29) is 30.3 Å². The first kappa shape index (κ1) is 21.0. The predicted molar refractivity (Wildman–Crippen MR) is 107 cm³/mol. The number of amidine groups is 1. The molecule has 4 aliphatic rings. The lowest BCUT2D eigenvalue weighted by atomic mass is 9.94. The molecule has 4 unspecified atom stereocenters. The molecule has 0 aromatic heterocycles. The summed E-state index contributed by atoms with van der Waals surface area (Å²) in [4.78, 5) is 22.8. The molecule has 0 bridgehead atoms. The van der Waals surface area contributed by atoms with Gasteiger partial charge >= 0.3 is 0 Å². The molecule has 1 fully saturated rings. The molecule has 2 heterocycles. The van der Waals surface area contributed by atoms with Crippen molar-refractivity contribution < 1.29 is 23.8 Å². The van der Waals surface area contributed by atoms with Gasteiger partial charge in [-0.15, -0.1) is 0 Å². The number of hydrazone groups is 1. The molecule has 7 atom stereocenters. The summed E-state index contributed by atoms with van der Waals surface area (Å²) in [5, 5.41) is 27.2. The molecule has 1 amide bonds. The third-order valence-corrected chi connectivity index (χ3v) is 6.09. The molecular formula is C19H26F2N6O3. The highest BCUT2D eigenvalue weighted by atomic mass is 19.2. The lowest BCUT2D eigenvalue weighted by molar-refractivity contribution is -0.122. The number of likely N-dealkylation sites (N-methyl/N-ethyl adjacent to an activating group) is 1. The van der Waals surface area contributed by atoms with Gasteiger partial charge in [-0.25, -0.2) is 13.8 Å². The Balaban J connectivity index is 1.45. The van der Waals surface area contributed by atoms with E-state index in [1.54, 1.807) is 6.08 Å². The van der Waals surface area contributed by atoms with E-state index in [9.17, 15) is 23.8 Å². The van der Waals surface area contributed by atoms with Crippen LogP contribution < -0.4 is 10.7 Å². The number of aliphatic hydroxyl groups is 2. The molecule has 1 saturated carbocycles. The van der Waals surface area contributed by atoms with Gasteiger partial charge in [-0.05, 0) is 31.3 Å². The number of allylic oxidation sites excluding steroid dienone is 1. The number of aliphatic hydroxyl groups excluding tert-OH is 2. The van der Waals surface area contributed by atoms with Crippen LogP contribution in [0.25, 0.3) is 0 Å². The predicted octanol–water partition coefficient (Wildman–Crippen LogP) is -0.343. The van der Waals surface area contributed by atoms with Crippen LogP contribution in [0.4, 0.5) is 8.78 Å². The van der Waals surface area contributed by atoms with Gasteiger partial charge in [-0.1, -0.05) is 6.08 Å². The summed E-state index contributed by atoms with van der Waals surface area (Å²) in [6.45, 7) is -0.0342. The Bertz CT molecular complexity index is 816. The van der Waals surface area contributed by atoms with Crippen LogP contribution in [-0.2, 0) is 4.79 Å². The summed E-state index contributed by atoms with van der Waals surface area (Å²) in [5.41, 5.74) is 3.15. The van der Waals surface area contributed by atoms with Crippen LogP contribution in [-0.4, -0.2) is 89.3 Å². The summed E-state index contributed by atoms with van der Waals surface area (Å²) in [7, 11) is 1.51. The highest BCUT2D eigenvalue weighted by Crippen LogP contribution is 2.27. The average Bonchev–Trinajstić information content (AvgIpc) is 3.30. The molecule has 9 nitrogen and oxygen atoms in total. The molecular weight excluding hydrogens is 398 g/mol. The molecule has 0 radical (unpaired) electrons. The van der Waals surface area contributed by atoms with E-state index in [1.165, 1.54) is 18.3 Å². The van der Waals surface area contributed by atoms with E-state index in [2.05, 4.69) is 25.8 Å². The topological polar surface area (TPSA) is 122 Å². The second-order valence-corrected chi connectivity index (χ2v) is 8.15. The van der Waals surface area contributed by atoms with E-state index in [0.717, 1.165) is 0 Å². The third-order valence-electron chi connectivity index (χ3n) is 6.09. The highest BCUT2D eigenvalue weighted by Gasteiger charge is 2.44. The van der Waals surface area contributed by atoms with E-state index in [4.69, 9.17) is 0 Å². The quantitative estimate of drug-likeness (QED) is 0.450. The largest absolute Gasteiger partial charge is 0.390 e. The summed E-state index contributed by atoms with van der Waals surface area (Å²) in [6.07, 6.45) is -0.972. The Hall–Kier alpha value is -2.24. The number of hydrogen-bond acceptors (Lipinski definition) is 8. The van der Waals surface area contributed by atoms with E-state index in [0.29, 0.717) is 25.1 Å². The fourth-order valence-corrected chi connectivity index (χ4v) is 4.34. The van der Waals surface area contributed by atoms with Crippen molar-refractivity contribution in [1.82, 2.24) is 15.6 Å².